The van der Waals surface area contributed by atoms with Gasteiger partial charge in [-0.1, -0.05) is 12.1 Å². The number of nitrogens with zero attached hydrogens (tertiary/aromatic N) is 3. The van der Waals surface area contributed by atoms with Crippen molar-refractivity contribution < 1.29 is 0 Å². The van der Waals surface area contributed by atoms with Gasteiger partial charge in [-0.3, -0.25) is 0 Å². The number of para-hydroxylation sites is 2. The maximum absolute atomic E-state index is 4.75. The molecule has 1 fully saturated rings. The van der Waals surface area contributed by atoms with Gasteiger partial charge in [-0.05, 0) is 31.5 Å². The zero-order valence-electron chi connectivity index (χ0n) is 11.1. The zero-order valence-corrected chi connectivity index (χ0v) is 11.1. The van der Waals surface area contributed by atoms with Crippen LogP contribution in [0, 0.1) is 0 Å². The minimum Gasteiger partial charge on any atom is -0.341 e. The highest BCUT2D eigenvalue weighted by Gasteiger charge is 2.21. The smallest absolute Gasteiger partial charge is 0.206 e. The Hall–Kier alpha value is -1.55. The van der Waals surface area contributed by atoms with E-state index in [0.717, 1.165) is 24.6 Å². The van der Waals surface area contributed by atoms with Crippen molar-refractivity contribution in [2.45, 2.75) is 18.9 Å². The third-order valence-corrected chi connectivity index (χ3v) is 3.90. The summed E-state index contributed by atoms with van der Waals surface area (Å²) < 4.78 is 2.18. The predicted molar refractivity (Wildman–Crippen MR) is 75.0 cm³/mol. The molecule has 0 bridgehead atoms. The van der Waals surface area contributed by atoms with Gasteiger partial charge < -0.3 is 14.8 Å². The van der Waals surface area contributed by atoms with Crippen molar-refractivity contribution in [2.75, 3.05) is 25.0 Å². The summed E-state index contributed by atoms with van der Waals surface area (Å²) in [7, 11) is 4.25. The molecule has 4 nitrogen and oxygen atoms in total. The molecule has 1 saturated heterocycles. The quantitative estimate of drug-likeness (QED) is 0.874. The van der Waals surface area contributed by atoms with Crippen LogP contribution in [0.5, 0.6) is 0 Å². The van der Waals surface area contributed by atoms with Gasteiger partial charge in [0.1, 0.15) is 0 Å². The standard InChI is InChI=1S/C14H20N4/c1-17(11-6-5-9-15-10-11)14-16-12-7-3-4-8-13(12)18(14)2/h3-4,7-8,11,15H,5-6,9-10H2,1-2H3. The number of fused-ring (bicyclic) bond motifs is 1. The van der Waals surface area contributed by atoms with Gasteiger partial charge in [-0.25, -0.2) is 4.98 Å². The number of imidazole rings is 1. The summed E-state index contributed by atoms with van der Waals surface area (Å²) in [4.78, 5) is 7.06. The molecule has 0 amide bonds. The lowest BCUT2D eigenvalue weighted by atomic mass is 10.1. The summed E-state index contributed by atoms with van der Waals surface area (Å²) in [6, 6.07) is 8.86. The molecular formula is C14H20N4. The first-order chi connectivity index (χ1) is 8.77. The number of anilines is 1. The van der Waals surface area contributed by atoms with Gasteiger partial charge in [-0.15, -0.1) is 0 Å². The molecule has 2 aromatic rings. The fourth-order valence-corrected chi connectivity index (χ4v) is 2.78. The minimum atomic E-state index is 0.550. The molecule has 1 N–H and O–H groups in total. The number of aromatic nitrogens is 2. The lowest BCUT2D eigenvalue weighted by Gasteiger charge is -2.32. The summed E-state index contributed by atoms with van der Waals surface area (Å²) in [5, 5.41) is 3.46. The SMILES string of the molecule is CN(c1nc2ccccc2n1C)C1CCCNC1. The molecule has 1 aromatic heterocycles. The molecule has 1 atom stereocenters. The highest BCUT2D eigenvalue weighted by Crippen LogP contribution is 2.23. The van der Waals surface area contributed by atoms with Crippen molar-refractivity contribution in [3.8, 4) is 0 Å². The number of piperidine rings is 1. The van der Waals surface area contributed by atoms with Gasteiger partial charge in [0.05, 0.1) is 11.0 Å². The van der Waals surface area contributed by atoms with E-state index >= 15 is 0 Å². The molecule has 0 aliphatic carbocycles. The van der Waals surface area contributed by atoms with E-state index in [4.69, 9.17) is 4.98 Å². The van der Waals surface area contributed by atoms with Crippen LogP contribution in [0.2, 0.25) is 0 Å². The Morgan fingerprint density at radius 3 is 2.94 bits per heavy atom. The first-order valence-electron chi connectivity index (χ1n) is 6.62. The molecule has 2 heterocycles. The second-order valence-corrected chi connectivity index (χ2v) is 5.07. The average Bonchev–Trinajstić information content (AvgIpc) is 2.77. The fraction of sp³-hybridized carbons (Fsp3) is 0.500. The van der Waals surface area contributed by atoms with Crippen molar-refractivity contribution in [3.63, 3.8) is 0 Å². The van der Waals surface area contributed by atoms with Crippen molar-refractivity contribution >= 4 is 17.0 Å². The minimum absolute atomic E-state index is 0.550. The van der Waals surface area contributed by atoms with Crippen LogP contribution >= 0.6 is 0 Å². The Labute approximate surface area is 108 Å². The Balaban J connectivity index is 1.95. The van der Waals surface area contributed by atoms with Crippen LogP contribution in [0.15, 0.2) is 24.3 Å². The first-order valence-corrected chi connectivity index (χ1v) is 6.62. The van der Waals surface area contributed by atoms with Gasteiger partial charge in [0.2, 0.25) is 5.95 Å². The topological polar surface area (TPSA) is 33.1 Å². The van der Waals surface area contributed by atoms with Crippen LogP contribution < -0.4 is 10.2 Å². The zero-order chi connectivity index (χ0) is 12.5. The third-order valence-electron chi connectivity index (χ3n) is 3.90. The maximum Gasteiger partial charge on any atom is 0.206 e. The number of rotatable bonds is 2. The molecule has 4 heteroatoms. The second kappa shape index (κ2) is 4.61. The van der Waals surface area contributed by atoms with E-state index in [0.29, 0.717) is 6.04 Å². The molecule has 96 valence electrons. The number of likely N-dealkylation sites (N-methyl/N-ethyl adjacent to an activating group) is 1. The third kappa shape index (κ3) is 1.86. The van der Waals surface area contributed by atoms with Crippen LogP contribution in [0.3, 0.4) is 0 Å². The first kappa shape index (κ1) is 11.5. The average molecular weight is 244 g/mol. The van der Waals surface area contributed by atoms with Crippen molar-refractivity contribution in [3.05, 3.63) is 24.3 Å². The number of hydrogen-bond donors (Lipinski definition) is 1. The van der Waals surface area contributed by atoms with E-state index in [1.54, 1.807) is 0 Å². The molecular weight excluding hydrogens is 224 g/mol. The molecule has 1 aliphatic heterocycles. The van der Waals surface area contributed by atoms with Crippen LogP contribution in [-0.4, -0.2) is 35.7 Å². The number of nitrogens with one attached hydrogen (secondary N) is 1. The van der Waals surface area contributed by atoms with E-state index in [1.807, 2.05) is 6.07 Å². The Kier molecular flexibility index (Phi) is 2.96. The van der Waals surface area contributed by atoms with E-state index in [1.165, 1.54) is 18.4 Å². The molecule has 3 rings (SSSR count). The Morgan fingerprint density at radius 2 is 2.22 bits per heavy atom. The molecule has 0 saturated carbocycles. The monoisotopic (exact) mass is 244 g/mol. The molecule has 1 aromatic carbocycles. The molecule has 0 spiro atoms. The van der Waals surface area contributed by atoms with E-state index in [-0.39, 0.29) is 0 Å². The van der Waals surface area contributed by atoms with E-state index in [9.17, 15) is 0 Å². The molecule has 18 heavy (non-hydrogen) atoms. The normalized spacial score (nSPS) is 20.2. The van der Waals surface area contributed by atoms with Crippen LogP contribution in [0.1, 0.15) is 12.8 Å². The largest absolute Gasteiger partial charge is 0.341 e. The lowest BCUT2D eigenvalue weighted by molar-refractivity contribution is 0.440. The van der Waals surface area contributed by atoms with Crippen LogP contribution in [0.25, 0.3) is 11.0 Å². The summed E-state index contributed by atoms with van der Waals surface area (Å²) in [5.41, 5.74) is 2.27. The van der Waals surface area contributed by atoms with Crippen molar-refractivity contribution in [1.82, 2.24) is 14.9 Å². The molecule has 0 radical (unpaired) electrons. The number of aryl methyl sites for hydroxylation is 1. The van der Waals surface area contributed by atoms with Gasteiger partial charge in [-0.2, -0.15) is 0 Å². The molecule has 1 unspecified atom stereocenters. The van der Waals surface area contributed by atoms with Crippen molar-refractivity contribution in [2.24, 2.45) is 7.05 Å². The van der Waals surface area contributed by atoms with Crippen molar-refractivity contribution in [1.29, 1.82) is 0 Å². The second-order valence-electron chi connectivity index (χ2n) is 5.07. The summed E-state index contributed by atoms with van der Waals surface area (Å²) in [5.74, 6) is 1.06. The Morgan fingerprint density at radius 1 is 1.39 bits per heavy atom. The van der Waals surface area contributed by atoms with Gasteiger partial charge in [0, 0.05) is 26.7 Å². The van der Waals surface area contributed by atoms with Gasteiger partial charge in [0.15, 0.2) is 0 Å². The van der Waals surface area contributed by atoms with Gasteiger partial charge >= 0.3 is 0 Å². The summed E-state index contributed by atoms with van der Waals surface area (Å²) in [6.45, 7) is 2.20. The highest BCUT2D eigenvalue weighted by atomic mass is 15.3. The van der Waals surface area contributed by atoms with Crippen LogP contribution in [0.4, 0.5) is 5.95 Å². The van der Waals surface area contributed by atoms with E-state index in [2.05, 4.69) is 47.1 Å². The predicted octanol–water partition coefficient (Wildman–Crippen LogP) is 1.76. The van der Waals surface area contributed by atoms with E-state index < -0.39 is 0 Å². The van der Waals surface area contributed by atoms with Crippen LogP contribution in [-0.2, 0) is 7.05 Å². The summed E-state index contributed by atoms with van der Waals surface area (Å²) >= 11 is 0. The molecule has 1 aliphatic rings. The number of hydrogen-bond acceptors (Lipinski definition) is 3. The Bertz CT molecular complexity index is 540. The lowest BCUT2D eigenvalue weighted by Crippen LogP contribution is -2.45. The maximum atomic E-state index is 4.75. The summed E-state index contributed by atoms with van der Waals surface area (Å²) in [6.07, 6.45) is 2.49. The fourth-order valence-electron chi connectivity index (χ4n) is 2.78. The highest BCUT2D eigenvalue weighted by molar-refractivity contribution is 5.78. The number of benzene rings is 1. The van der Waals surface area contributed by atoms with Gasteiger partial charge in [0.25, 0.3) is 0 Å².